The largest absolute Gasteiger partial charge is 0.495 e. The predicted molar refractivity (Wildman–Crippen MR) is 100 cm³/mol. The van der Waals surface area contributed by atoms with Gasteiger partial charge >= 0.3 is 0 Å². The zero-order valence-corrected chi connectivity index (χ0v) is 14.7. The fourth-order valence-corrected chi connectivity index (χ4v) is 2.45. The van der Waals surface area contributed by atoms with E-state index in [0.717, 1.165) is 39.9 Å². The van der Waals surface area contributed by atoms with Crippen LogP contribution in [0, 0.1) is 13.8 Å². The second-order valence-electron chi connectivity index (χ2n) is 5.38. The number of hydrogen-bond acceptors (Lipinski definition) is 4. The molecular weight excluding hydrogens is 322 g/mol. The van der Waals surface area contributed by atoms with Crippen molar-refractivity contribution in [3.63, 3.8) is 0 Å². The summed E-state index contributed by atoms with van der Waals surface area (Å²) < 4.78 is 5.41. The molecule has 0 aliphatic carbocycles. The Balaban J connectivity index is 0.00000208. The molecule has 0 saturated carbocycles. The van der Waals surface area contributed by atoms with Crippen LogP contribution in [0.5, 0.6) is 5.75 Å². The van der Waals surface area contributed by atoms with E-state index in [1.165, 1.54) is 0 Å². The number of nitrogens with zero attached hydrogens (tertiary/aromatic N) is 2. The molecule has 24 heavy (non-hydrogen) atoms. The summed E-state index contributed by atoms with van der Waals surface area (Å²) in [5.41, 5.74) is 4.01. The molecule has 0 unspecified atom stereocenters. The van der Waals surface area contributed by atoms with Gasteiger partial charge in [-0.1, -0.05) is 36.4 Å². The minimum atomic E-state index is 0. The zero-order valence-electron chi connectivity index (χ0n) is 13.9. The van der Waals surface area contributed by atoms with Crippen molar-refractivity contribution in [2.24, 2.45) is 0 Å². The highest BCUT2D eigenvalue weighted by atomic mass is 35.5. The minimum Gasteiger partial charge on any atom is -0.495 e. The van der Waals surface area contributed by atoms with Crippen molar-refractivity contribution >= 4 is 23.9 Å². The van der Waals surface area contributed by atoms with Crippen molar-refractivity contribution in [2.45, 2.75) is 13.8 Å². The van der Waals surface area contributed by atoms with Crippen LogP contribution in [-0.2, 0) is 0 Å². The van der Waals surface area contributed by atoms with Crippen molar-refractivity contribution in [1.29, 1.82) is 0 Å². The highest BCUT2D eigenvalue weighted by Gasteiger charge is 2.08. The number of benzene rings is 2. The lowest BCUT2D eigenvalue weighted by molar-refractivity contribution is 0.416. The molecule has 0 spiro atoms. The van der Waals surface area contributed by atoms with Gasteiger partial charge in [0.15, 0.2) is 0 Å². The number of nitrogens with one attached hydrogen (secondary N) is 1. The van der Waals surface area contributed by atoms with Crippen molar-refractivity contribution < 1.29 is 4.74 Å². The lowest BCUT2D eigenvalue weighted by Gasteiger charge is -2.12. The summed E-state index contributed by atoms with van der Waals surface area (Å²) in [5.74, 6) is 2.26. The number of aromatic nitrogens is 2. The molecule has 0 fully saturated rings. The molecule has 124 valence electrons. The molecular formula is C19H20ClN3O. The quantitative estimate of drug-likeness (QED) is 0.730. The predicted octanol–water partition coefficient (Wildman–Crippen LogP) is 4.93. The van der Waals surface area contributed by atoms with E-state index in [2.05, 4.69) is 15.3 Å². The van der Waals surface area contributed by atoms with Gasteiger partial charge in [-0.25, -0.2) is 9.97 Å². The van der Waals surface area contributed by atoms with Gasteiger partial charge in [0.1, 0.15) is 17.4 Å². The summed E-state index contributed by atoms with van der Waals surface area (Å²) in [6.45, 7) is 3.94. The van der Waals surface area contributed by atoms with Crippen LogP contribution in [0.25, 0.3) is 11.3 Å². The topological polar surface area (TPSA) is 47.0 Å². The SMILES string of the molecule is COc1ccc(C)cc1Nc1cc(-c2ccccc2)nc(C)n1.Cl. The molecule has 3 rings (SSSR count). The van der Waals surface area contributed by atoms with Gasteiger partial charge in [0.2, 0.25) is 0 Å². The molecule has 1 heterocycles. The highest BCUT2D eigenvalue weighted by molar-refractivity contribution is 5.85. The summed E-state index contributed by atoms with van der Waals surface area (Å²) in [6, 6.07) is 18.0. The minimum absolute atomic E-state index is 0. The summed E-state index contributed by atoms with van der Waals surface area (Å²) in [4.78, 5) is 9.01. The van der Waals surface area contributed by atoms with Crippen LogP contribution in [0.3, 0.4) is 0 Å². The molecule has 0 saturated heterocycles. The van der Waals surface area contributed by atoms with E-state index in [1.807, 2.05) is 68.4 Å². The Morgan fingerprint density at radius 1 is 0.917 bits per heavy atom. The Bertz CT molecular complexity index is 822. The average molecular weight is 342 g/mol. The molecule has 4 nitrogen and oxygen atoms in total. The number of aryl methyl sites for hydroxylation is 2. The Labute approximate surface area is 148 Å². The molecule has 0 bridgehead atoms. The lowest BCUT2D eigenvalue weighted by atomic mass is 10.1. The third-order valence-corrected chi connectivity index (χ3v) is 3.53. The van der Waals surface area contributed by atoms with Gasteiger partial charge < -0.3 is 10.1 Å². The maximum Gasteiger partial charge on any atom is 0.142 e. The number of methoxy groups -OCH3 is 1. The second kappa shape index (κ2) is 7.79. The number of ether oxygens (including phenoxy) is 1. The average Bonchev–Trinajstić information content (AvgIpc) is 2.55. The summed E-state index contributed by atoms with van der Waals surface area (Å²) in [6.07, 6.45) is 0. The van der Waals surface area contributed by atoms with Gasteiger partial charge in [-0.15, -0.1) is 12.4 Å². The standard InChI is InChI=1S/C19H19N3O.ClH/c1-13-9-10-18(23-3)17(11-13)22-19-12-16(20-14(2)21-19)15-7-5-4-6-8-15;/h4-12H,1-3H3,(H,20,21,22);1H. The van der Waals surface area contributed by atoms with Crippen LogP contribution in [0.15, 0.2) is 54.6 Å². The van der Waals surface area contributed by atoms with E-state index in [9.17, 15) is 0 Å². The Kier molecular flexibility index (Phi) is 5.77. The third-order valence-electron chi connectivity index (χ3n) is 3.53. The smallest absolute Gasteiger partial charge is 0.142 e. The van der Waals surface area contributed by atoms with E-state index in [-0.39, 0.29) is 12.4 Å². The number of anilines is 2. The lowest BCUT2D eigenvalue weighted by Crippen LogP contribution is -2.00. The molecule has 5 heteroatoms. The Hall–Kier alpha value is -2.59. The van der Waals surface area contributed by atoms with Crippen LogP contribution in [0.4, 0.5) is 11.5 Å². The van der Waals surface area contributed by atoms with E-state index in [1.54, 1.807) is 7.11 Å². The third kappa shape index (κ3) is 4.03. The van der Waals surface area contributed by atoms with E-state index < -0.39 is 0 Å². The van der Waals surface area contributed by atoms with Gasteiger partial charge in [0.25, 0.3) is 0 Å². The molecule has 3 aromatic rings. The first-order valence-electron chi connectivity index (χ1n) is 7.48. The molecule has 0 aliphatic heterocycles. The molecule has 1 N–H and O–H groups in total. The van der Waals surface area contributed by atoms with Crippen LogP contribution < -0.4 is 10.1 Å². The van der Waals surface area contributed by atoms with Gasteiger partial charge in [-0.3, -0.25) is 0 Å². The highest BCUT2D eigenvalue weighted by Crippen LogP contribution is 2.29. The van der Waals surface area contributed by atoms with E-state index >= 15 is 0 Å². The first kappa shape index (κ1) is 17.8. The first-order valence-corrected chi connectivity index (χ1v) is 7.48. The van der Waals surface area contributed by atoms with Gasteiger partial charge in [0, 0.05) is 11.6 Å². The number of rotatable bonds is 4. The van der Waals surface area contributed by atoms with Crippen LogP contribution in [-0.4, -0.2) is 17.1 Å². The maximum atomic E-state index is 5.41. The van der Waals surface area contributed by atoms with Crippen molar-refractivity contribution in [2.75, 3.05) is 12.4 Å². The maximum absolute atomic E-state index is 5.41. The zero-order chi connectivity index (χ0) is 16.2. The summed E-state index contributed by atoms with van der Waals surface area (Å²) in [5, 5.41) is 3.34. The van der Waals surface area contributed by atoms with Crippen LogP contribution >= 0.6 is 12.4 Å². The van der Waals surface area contributed by atoms with Gasteiger partial charge in [-0.2, -0.15) is 0 Å². The molecule has 0 radical (unpaired) electrons. The fourth-order valence-electron chi connectivity index (χ4n) is 2.45. The summed E-state index contributed by atoms with van der Waals surface area (Å²) >= 11 is 0. The second-order valence-corrected chi connectivity index (χ2v) is 5.38. The van der Waals surface area contributed by atoms with Crippen LogP contribution in [0.2, 0.25) is 0 Å². The molecule has 2 aromatic carbocycles. The van der Waals surface area contributed by atoms with E-state index in [0.29, 0.717) is 0 Å². The summed E-state index contributed by atoms with van der Waals surface area (Å²) in [7, 11) is 1.66. The molecule has 0 aliphatic rings. The van der Waals surface area contributed by atoms with Gasteiger partial charge in [-0.05, 0) is 31.5 Å². The van der Waals surface area contributed by atoms with Crippen molar-refractivity contribution in [1.82, 2.24) is 9.97 Å². The first-order chi connectivity index (χ1) is 11.2. The van der Waals surface area contributed by atoms with Crippen LogP contribution in [0.1, 0.15) is 11.4 Å². The number of hydrogen-bond donors (Lipinski definition) is 1. The normalized spacial score (nSPS) is 9.96. The van der Waals surface area contributed by atoms with Crippen molar-refractivity contribution in [3.8, 4) is 17.0 Å². The Morgan fingerprint density at radius 3 is 2.38 bits per heavy atom. The van der Waals surface area contributed by atoms with Gasteiger partial charge in [0.05, 0.1) is 18.5 Å². The molecule has 1 aromatic heterocycles. The fraction of sp³-hybridized carbons (Fsp3) is 0.158. The molecule has 0 atom stereocenters. The van der Waals surface area contributed by atoms with Crippen molar-refractivity contribution in [3.05, 3.63) is 66.0 Å². The van der Waals surface area contributed by atoms with E-state index in [4.69, 9.17) is 4.74 Å². The molecule has 0 amide bonds. The monoisotopic (exact) mass is 341 g/mol. The Morgan fingerprint density at radius 2 is 1.67 bits per heavy atom. The number of halogens is 1.